The number of hydrogen-bond acceptors (Lipinski definition) is 2. The third kappa shape index (κ3) is 5.14. The molecule has 1 aliphatic heterocycles. The maximum absolute atomic E-state index is 12.5. The van der Waals surface area contributed by atoms with Gasteiger partial charge in [0.05, 0.1) is 10.0 Å². The number of carbonyl (C=O) groups excluding carboxylic acids is 1. The summed E-state index contributed by atoms with van der Waals surface area (Å²) in [4.78, 5) is 14.4. The van der Waals surface area contributed by atoms with E-state index in [1.54, 1.807) is 6.07 Å². The fourth-order valence-corrected chi connectivity index (χ4v) is 3.70. The van der Waals surface area contributed by atoms with Crippen molar-refractivity contribution in [3.05, 3.63) is 69.7 Å². The number of hydrogen-bond donors (Lipinski definition) is 1. The Morgan fingerprint density at radius 3 is 2.50 bits per heavy atom. The largest absolute Gasteiger partial charge is 0.340 e. The molecule has 1 saturated heterocycles. The summed E-state index contributed by atoms with van der Waals surface area (Å²) in [6, 6.07) is 15.8. The van der Waals surface area contributed by atoms with Gasteiger partial charge >= 0.3 is 0 Å². The van der Waals surface area contributed by atoms with E-state index in [1.807, 2.05) is 35.2 Å². The highest BCUT2D eigenvalue weighted by atomic mass is 35.5. The standard InChI is InChI=1S/C20H22Cl2N2O.ClH/c21-17-10-9-14(11-18(17)22)5-4-8-20(25)24-12-16(19(23)13-24)15-6-2-1-3-7-15;/h1-3,6-7,9-11,16,19H,4-5,8,12-13,23H2;1H/t16-,19+;/m0./s1. The van der Waals surface area contributed by atoms with Gasteiger partial charge in [-0.25, -0.2) is 0 Å². The number of nitrogens with zero attached hydrogens (tertiary/aromatic N) is 1. The average molecular weight is 414 g/mol. The molecule has 2 aromatic carbocycles. The molecule has 0 aromatic heterocycles. The number of nitrogens with two attached hydrogens (primary N) is 1. The van der Waals surface area contributed by atoms with Gasteiger partial charge in [-0.15, -0.1) is 12.4 Å². The number of rotatable bonds is 5. The maximum atomic E-state index is 12.5. The Bertz CT molecular complexity index is 739. The molecule has 3 nitrogen and oxygen atoms in total. The van der Waals surface area contributed by atoms with Crippen LogP contribution in [0, 0.1) is 0 Å². The zero-order valence-electron chi connectivity index (χ0n) is 14.4. The molecule has 0 spiro atoms. The first-order valence-electron chi connectivity index (χ1n) is 8.57. The molecular weight excluding hydrogens is 391 g/mol. The molecule has 2 atom stereocenters. The smallest absolute Gasteiger partial charge is 0.222 e. The van der Waals surface area contributed by atoms with Gasteiger partial charge in [-0.3, -0.25) is 4.79 Å². The van der Waals surface area contributed by atoms with Crippen molar-refractivity contribution in [3.8, 4) is 0 Å². The van der Waals surface area contributed by atoms with Crippen molar-refractivity contribution in [3.63, 3.8) is 0 Å². The van der Waals surface area contributed by atoms with Crippen molar-refractivity contribution in [2.45, 2.75) is 31.2 Å². The van der Waals surface area contributed by atoms with E-state index in [9.17, 15) is 4.79 Å². The predicted octanol–water partition coefficient (Wildman–Crippen LogP) is 4.69. The predicted molar refractivity (Wildman–Crippen MR) is 110 cm³/mol. The fourth-order valence-electron chi connectivity index (χ4n) is 3.38. The SMILES string of the molecule is Cl.N[C@@H]1CN(C(=O)CCCc2ccc(Cl)c(Cl)c2)C[C@H]1c1ccccc1. The fraction of sp³-hybridized carbons (Fsp3) is 0.350. The molecule has 6 heteroatoms. The Morgan fingerprint density at radius 1 is 1.08 bits per heavy atom. The van der Waals surface area contributed by atoms with Crippen LogP contribution in [0.25, 0.3) is 0 Å². The van der Waals surface area contributed by atoms with Gasteiger partial charge in [-0.2, -0.15) is 0 Å². The normalized spacial score (nSPS) is 19.3. The Balaban J connectivity index is 0.00000243. The summed E-state index contributed by atoms with van der Waals surface area (Å²) in [6.07, 6.45) is 2.12. The van der Waals surface area contributed by atoms with E-state index in [-0.39, 0.29) is 30.3 Å². The second-order valence-corrected chi connectivity index (χ2v) is 7.40. The second-order valence-electron chi connectivity index (χ2n) is 6.58. The lowest BCUT2D eigenvalue weighted by molar-refractivity contribution is -0.130. The van der Waals surface area contributed by atoms with Crippen LogP contribution in [0.15, 0.2) is 48.5 Å². The first kappa shape index (κ1) is 21.0. The van der Waals surface area contributed by atoms with E-state index in [0.717, 1.165) is 18.4 Å². The van der Waals surface area contributed by atoms with Gasteiger partial charge in [0, 0.05) is 31.5 Å². The van der Waals surface area contributed by atoms with E-state index in [0.29, 0.717) is 29.6 Å². The molecule has 1 aliphatic rings. The summed E-state index contributed by atoms with van der Waals surface area (Å²) < 4.78 is 0. The van der Waals surface area contributed by atoms with Crippen LogP contribution in [0.5, 0.6) is 0 Å². The van der Waals surface area contributed by atoms with Gasteiger partial charge in [-0.05, 0) is 36.1 Å². The van der Waals surface area contributed by atoms with E-state index >= 15 is 0 Å². The third-order valence-electron chi connectivity index (χ3n) is 4.79. The number of carbonyl (C=O) groups is 1. The van der Waals surface area contributed by atoms with E-state index < -0.39 is 0 Å². The lowest BCUT2D eigenvalue weighted by Crippen LogP contribution is -2.32. The Hall–Kier alpha value is -1.26. The van der Waals surface area contributed by atoms with Gasteiger partial charge < -0.3 is 10.6 Å². The van der Waals surface area contributed by atoms with Crippen LogP contribution in [0.1, 0.15) is 29.9 Å². The van der Waals surface area contributed by atoms with E-state index in [4.69, 9.17) is 28.9 Å². The summed E-state index contributed by atoms with van der Waals surface area (Å²) in [7, 11) is 0. The Morgan fingerprint density at radius 2 is 1.81 bits per heavy atom. The quantitative estimate of drug-likeness (QED) is 0.773. The highest BCUT2D eigenvalue weighted by Gasteiger charge is 2.33. The average Bonchev–Trinajstić information content (AvgIpc) is 3.01. The molecule has 26 heavy (non-hydrogen) atoms. The molecule has 1 heterocycles. The van der Waals surface area contributed by atoms with Crippen LogP contribution in [0.4, 0.5) is 0 Å². The Kier molecular flexibility index (Phi) is 7.78. The van der Waals surface area contributed by atoms with Crippen molar-refractivity contribution in [1.29, 1.82) is 0 Å². The van der Waals surface area contributed by atoms with Crippen LogP contribution < -0.4 is 5.73 Å². The second kappa shape index (κ2) is 9.61. The summed E-state index contributed by atoms with van der Waals surface area (Å²) in [6.45, 7) is 1.34. The van der Waals surface area contributed by atoms with E-state index in [1.165, 1.54) is 5.56 Å². The minimum atomic E-state index is 0. The molecule has 0 radical (unpaired) electrons. The molecule has 140 valence electrons. The van der Waals surface area contributed by atoms with Gasteiger partial charge in [0.25, 0.3) is 0 Å². The van der Waals surface area contributed by atoms with Gasteiger partial charge in [0.1, 0.15) is 0 Å². The van der Waals surface area contributed by atoms with Crippen LogP contribution in [-0.4, -0.2) is 29.9 Å². The van der Waals surface area contributed by atoms with Crippen molar-refractivity contribution in [2.75, 3.05) is 13.1 Å². The van der Waals surface area contributed by atoms with Crippen LogP contribution >= 0.6 is 35.6 Å². The first-order chi connectivity index (χ1) is 12.0. The van der Waals surface area contributed by atoms with E-state index in [2.05, 4.69) is 12.1 Å². The zero-order chi connectivity index (χ0) is 17.8. The highest BCUT2D eigenvalue weighted by molar-refractivity contribution is 6.42. The summed E-state index contributed by atoms with van der Waals surface area (Å²) in [5.41, 5.74) is 8.58. The van der Waals surface area contributed by atoms with Gasteiger partial charge in [0.2, 0.25) is 5.91 Å². The summed E-state index contributed by atoms with van der Waals surface area (Å²) in [5, 5.41) is 1.11. The monoisotopic (exact) mass is 412 g/mol. The number of halogens is 3. The number of likely N-dealkylation sites (tertiary alicyclic amines) is 1. The molecule has 0 saturated carbocycles. The van der Waals surface area contributed by atoms with Crippen molar-refractivity contribution in [1.82, 2.24) is 4.90 Å². The summed E-state index contributed by atoms with van der Waals surface area (Å²) >= 11 is 12.0. The summed E-state index contributed by atoms with van der Waals surface area (Å²) in [5.74, 6) is 0.397. The van der Waals surface area contributed by atoms with Crippen molar-refractivity contribution >= 4 is 41.5 Å². The lowest BCUT2D eigenvalue weighted by Gasteiger charge is -2.16. The molecule has 3 rings (SSSR count). The van der Waals surface area contributed by atoms with Crippen LogP contribution in [0.2, 0.25) is 10.0 Å². The number of benzene rings is 2. The molecular formula is C20H23Cl3N2O. The van der Waals surface area contributed by atoms with Crippen molar-refractivity contribution in [2.24, 2.45) is 5.73 Å². The molecule has 0 bridgehead atoms. The molecule has 0 unspecified atom stereocenters. The molecule has 1 fully saturated rings. The zero-order valence-corrected chi connectivity index (χ0v) is 16.7. The molecule has 2 aromatic rings. The maximum Gasteiger partial charge on any atom is 0.222 e. The topological polar surface area (TPSA) is 46.3 Å². The number of amides is 1. The number of aryl methyl sites for hydroxylation is 1. The molecule has 1 amide bonds. The third-order valence-corrected chi connectivity index (χ3v) is 5.52. The van der Waals surface area contributed by atoms with Gasteiger partial charge in [0.15, 0.2) is 0 Å². The first-order valence-corrected chi connectivity index (χ1v) is 9.32. The van der Waals surface area contributed by atoms with Crippen LogP contribution in [-0.2, 0) is 11.2 Å². The Labute approximate surface area is 170 Å². The highest BCUT2D eigenvalue weighted by Crippen LogP contribution is 2.27. The lowest BCUT2D eigenvalue weighted by atomic mass is 9.95. The molecule has 0 aliphatic carbocycles. The van der Waals surface area contributed by atoms with Crippen molar-refractivity contribution < 1.29 is 4.79 Å². The minimum absolute atomic E-state index is 0. The minimum Gasteiger partial charge on any atom is -0.340 e. The van der Waals surface area contributed by atoms with Crippen LogP contribution in [0.3, 0.4) is 0 Å². The molecule has 2 N–H and O–H groups in total. The van der Waals surface area contributed by atoms with Gasteiger partial charge in [-0.1, -0.05) is 59.6 Å².